The average molecular weight is 646 g/mol. The Labute approximate surface area is 294 Å². The van der Waals surface area contributed by atoms with Crippen molar-refractivity contribution in [1.29, 1.82) is 0 Å². The van der Waals surface area contributed by atoms with E-state index in [1.54, 1.807) is 0 Å². The monoisotopic (exact) mass is 645 g/mol. The molecule has 3 nitrogen and oxygen atoms in total. The predicted molar refractivity (Wildman–Crippen MR) is 210 cm³/mol. The highest BCUT2D eigenvalue weighted by Crippen LogP contribution is 2.56. The van der Waals surface area contributed by atoms with E-state index in [0.29, 0.717) is 0 Å². The molecule has 0 unspecified atom stereocenters. The maximum absolute atomic E-state index is 4.67. The molecule has 6 aromatic carbocycles. The molecule has 1 aliphatic carbocycles. The number of hydrogen-bond acceptors (Lipinski definition) is 2. The van der Waals surface area contributed by atoms with Gasteiger partial charge in [-0.05, 0) is 106 Å². The number of aromatic nitrogens is 2. The molecule has 2 heterocycles. The van der Waals surface area contributed by atoms with E-state index < -0.39 is 0 Å². The van der Waals surface area contributed by atoms with Crippen LogP contribution in [-0.2, 0) is 10.8 Å². The molecule has 242 valence electrons. The quantitative estimate of drug-likeness (QED) is 0.186. The van der Waals surface area contributed by atoms with Crippen molar-refractivity contribution in [3.05, 3.63) is 175 Å². The van der Waals surface area contributed by atoms with E-state index in [1.807, 2.05) is 12.3 Å². The maximum atomic E-state index is 4.67. The fraction of sp³-hybridized carbons (Fsp3) is 0.128. The van der Waals surface area contributed by atoms with Crippen LogP contribution in [0.4, 0.5) is 17.1 Å². The van der Waals surface area contributed by atoms with Gasteiger partial charge in [-0.15, -0.1) is 0 Å². The van der Waals surface area contributed by atoms with Crippen molar-refractivity contribution in [1.82, 2.24) is 9.55 Å². The molecule has 8 aromatic rings. The summed E-state index contributed by atoms with van der Waals surface area (Å²) in [6.07, 6.45) is 1.87. The van der Waals surface area contributed by atoms with E-state index in [2.05, 4.69) is 194 Å². The van der Waals surface area contributed by atoms with Gasteiger partial charge in [0.15, 0.2) is 0 Å². The highest BCUT2D eigenvalue weighted by molar-refractivity contribution is 6.16. The molecule has 50 heavy (non-hydrogen) atoms. The van der Waals surface area contributed by atoms with Gasteiger partial charge in [0.1, 0.15) is 0 Å². The van der Waals surface area contributed by atoms with E-state index in [4.69, 9.17) is 0 Å². The summed E-state index contributed by atoms with van der Waals surface area (Å²) in [7, 11) is 0. The van der Waals surface area contributed by atoms with Crippen LogP contribution in [0.3, 0.4) is 0 Å². The van der Waals surface area contributed by atoms with Crippen molar-refractivity contribution in [2.24, 2.45) is 0 Å². The minimum atomic E-state index is -0.161. The van der Waals surface area contributed by atoms with Crippen LogP contribution in [0.25, 0.3) is 49.9 Å². The zero-order valence-electron chi connectivity index (χ0n) is 28.9. The smallest absolute Gasteiger partial charge is 0.0702 e. The molecule has 0 fully saturated rings. The lowest BCUT2D eigenvalue weighted by molar-refractivity contribution is 0.299. The van der Waals surface area contributed by atoms with Gasteiger partial charge in [-0.3, -0.25) is 4.98 Å². The molecule has 0 N–H and O–H groups in total. The summed E-state index contributed by atoms with van der Waals surface area (Å²) in [4.78, 5) is 7.12. The summed E-state index contributed by atoms with van der Waals surface area (Å²) in [5.41, 5.74) is 14.2. The lowest BCUT2D eigenvalue weighted by Gasteiger charge is -2.48. The highest BCUT2D eigenvalue weighted by Gasteiger charge is 2.46. The third-order valence-electron chi connectivity index (χ3n) is 11.4. The Morgan fingerprint density at radius 1 is 0.520 bits per heavy atom. The van der Waals surface area contributed by atoms with Crippen molar-refractivity contribution in [2.45, 2.75) is 38.5 Å². The van der Waals surface area contributed by atoms with E-state index >= 15 is 0 Å². The molecule has 0 saturated heterocycles. The normalized spacial score (nSPS) is 14.3. The van der Waals surface area contributed by atoms with Gasteiger partial charge in [0.2, 0.25) is 0 Å². The van der Waals surface area contributed by atoms with Crippen molar-refractivity contribution in [2.75, 3.05) is 4.90 Å². The first kappa shape index (κ1) is 30.2. The number of para-hydroxylation sites is 3. The number of benzene rings is 6. The second-order valence-electron chi connectivity index (χ2n) is 14.5. The van der Waals surface area contributed by atoms with E-state index in [0.717, 1.165) is 34.0 Å². The minimum Gasteiger partial charge on any atom is -0.310 e. The van der Waals surface area contributed by atoms with Gasteiger partial charge >= 0.3 is 0 Å². The Kier molecular flexibility index (Phi) is 6.82. The molecule has 1 aliphatic rings. The van der Waals surface area contributed by atoms with Crippen molar-refractivity contribution >= 4 is 38.9 Å². The predicted octanol–water partition coefficient (Wildman–Crippen LogP) is 12.6. The average Bonchev–Trinajstić information content (AvgIpc) is 3.50. The number of rotatable bonds is 5. The molecular weight excluding hydrogens is 607 g/mol. The van der Waals surface area contributed by atoms with Crippen LogP contribution in [0.15, 0.2) is 164 Å². The Hall–Kier alpha value is -5.93. The molecule has 0 spiro atoms. The summed E-state index contributed by atoms with van der Waals surface area (Å²) in [6, 6.07) is 57.2. The van der Waals surface area contributed by atoms with Crippen molar-refractivity contribution in [3.63, 3.8) is 0 Å². The first-order valence-corrected chi connectivity index (χ1v) is 17.5. The maximum Gasteiger partial charge on any atom is 0.0702 e. The molecule has 9 rings (SSSR count). The number of nitrogens with zero attached hydrogens (tertiary/aromatic N) is 3. The minimum absolute atomic E-state index is 0.139. The molecule has 2 aromatic heterocycles. The van der Waals surface area contributed by atoms with Crippen LogP contribution in [-0.4, -0.2) is 9.55 Å². The van der Waals surface area contributed by atoms with Gasteiger partial charge in [-0.2, -0.15) is 0 Å². The van der Waals surface area contributed by atoms with Gasteiger partial charge in [0.05, 0.1) is 22.4 Å². The molecule has 0 radical (unpaired) electrons. The second-order valence-corrected chi connectivity index (χ2v) is 14.5. The number of hydrogen-bond donors (Lipinski definition) is 0. The van der Waals surface area contributed by atoms with E-state index in [-0.39, 0.29) is 10.8 Å². The van der Waals surface area contributed by atoms with Gasteiger partial charge in [-0.25, -0.2) is 0 Å². The fourth-order valence-electron chi connectivity index (χ4n) is 8.13. The Morgan fingerprint density at radius 3 is 1.90 bits per heavy atom. The standard InChI is InChI=1S/C47H39N3/c1-46(2)39-30-32(41-21-13-14-29-48-41)25-27-36(39)37-28-26-35(31-40(37)47(46,3)4)49(33-16-7-5-8-17-33)43-23-15-24-44-45(43)38-20-11-12-22-42(38)50(44)34-18-9-6-10-19-34/h5-31H,1-4H3. The third kappa shape index (κ3) is 4.46. The Morgan fingerprint density at radius 2 is 1.16 bits per heavy atom. The van der Waals surface area contributed by atoms with Crippen molar-refractivity contribution < 1.29 is 0 Å². The van der Waals surface area contributed by atoms with Crippen LogP contribution in [0.1, 0.15) is 38.8 Å². The van der Waals surface area contributed by atoms with Gasteiger partial charge < -0.3 is 9.47 Å². The van der Waals surface area contributed by atoms with E-state index in [9.17, 15) is 0 Å². The fourth-order valence-corrected chi connectivity index (χ4v) is 8.13. The van der Waals surface area contributed by atoms with Crippen molar-refractivity contribution in [3.8, 4) is 28.1 Å². The molecule has 0 amide bonds. The lowest BCUT2D eigenvalue weighted by Crippen LogP contribution is -2.43. The van der Waals surface area contributed by atoms with Gasteiger partial charge in [0, 0.05) is 39.6 Å². The zero-order chi connectivity index (χ0) is 34.0. The molecule has 0 bridgehead atoms. The Bertz CT molecular complexity index is 2530. The largest absolute Gasteiger partial charge is 0.310 e. The molecule has 0 aliphatic heterocycles. The van der Waals surface area contributed by atoms with Crippen LogP contribution in [0, 0.1) is 0 Å². The SMILES string of the molecule is CC1(C)c2cc(-c3ccccn3)ccc2-c2ccc(N(c3ccccc3)c3cccc4c3c3ccccc3n4-c3ccccc3)cc2C1(C)C. The second kappa shape index (κ2) is 11.3. The number of fused-ring (bicyclic) bond motifs is 6. The van der Waals surface area contributed by atoms with Crippen LogP contribution >= 0.6 is 0 Å². The number of anilines is 3. The molecular formula is C47H39N3. The Balaban J connectivity index is 1.28. The van der Waals surface area contributed by atoms with Gasteiger partial charge in [0.25, 0.3) is 0 Å². The third-order valence-corrected chi connectivity index (χ3v) is 11.4. The first-order valence-electron chi connectivity index (χ1n) is 17.5. The molecule has 0 atom stereocenters. The summed E-state index contributed by atoms with van der Waals surface area (Å²) in [5, 5.41) is 2.47. The summed E-state index contributed by atoms with van der Waals surface area (Å²) in [5.74, 6) is 0. The summed E-state index contributed by atoms with van der Waals surface area (Å²) < 4.78 is 2.39. The number of pyridine rings is 1. The zero-order valence-corrected chi connectivity index (χ0v) is 28.9. The van der Waals surface area contributed by atoms with Gasteiger partial charge in [-0.1, -0.05) is 113 Å². The van der Waals surface area contributed by atoms with E-state index in [1.165, 1.54) is 44.1 Å². The highest BCUT2D eigenvalue weighted by atomic mass is 15.1. The van der Waals surface area contributed by atoms with Crippen LogP contribution < -0.4 is 4.90 Å². The molecule has 3 heteroatoms. The molecule has 0 saturated carbocycles. The summed E-state index contributed by atoms with van der Waals surface area (Å²) in [6.45, 7) is 9.62. The summed E-state index contributed by atoms with van der Waals surface area (Å²) >= 11 is 0. The first-order chi connectivity index (χ1) is 24.3. The van der Waals surface area contributed by atoms with Crippen LogP contribution in [0.5, 0.6) is 0 Å². The lowest BCUT2D eigenvalue weighted by atomic mass is 9.55. The van der Waals surface area contributed by atoms with Crippen LogP contribution in [0.2, 0.25) is 0 Å². The topological polar surface area (TPSA) is 21.1 Å².